The third-order valence-corrected chi connectivity index (χ3v) is 8.62. The van der Waals surface area contributed by atoms with Crippen LogP contribution in [0.5, 0.6) is 0 Å². The van der Waals surface area contributed by atoms with Crippen LogP contribution in [0, 0.1) is 18.7 Å². The molecule has 9 heteroatoms. The molecule has 0 saturated carbocycles. The van der Waals surface area contributed by atoms with E-state index >= 15 is 4.39 Å². The normalized spacial score (nSPS) is 16.9. The van der Waals surface area contributed by atoms with Crippen molar-refractivity contribution in [3.63, 3.8) is 0 Å². The van der Waals surface area contributed by atoms with Crippen molar-refractivity contribution in [3.8, 4) is 11.4 Å². The minimum absolute atomic E-state index is 0.0558. The number of rotatable bonds is 11. The number of anilines is 1. The standard InChI is InChI=1S/C32H42FN5O3/c1-20(2)24-18-26(29(27(33)19-24)31-35-21(3)41-37-31)28(32(39)40)22-12-16-38(17-13-22)15-6-4-5-9-25-11-10-23-8-7-14-34-30(23)36-25/h10-11,18-20,22,28H,4-9,12-17H2,1-3H3,(H,34,36)(H,39,40). The van der Waals surface area contributed by atoms with Crippen LogP contribution in [0.2, 0.25) is 0 Å². The fourth-order valence-corrected chi connectivity index (χ4v) is 6.29. The molecular weight excluding hydrogens is 521 g/mol. The Morgan fingerprint density at radius 1 is 1.17 bits per heavy atom. The molecule has 1 atom stereocenters. The van der Waals surface area contributed by atoms with Gasteiger partial charge in [0.2, 0.25) is 11.7 Å². The predicted octanol–water partition coefficient (Wildman–Crippen LogP) is 6.35. The van der Waals surface area contributed by atoms with Crippen molar-refractivity contribution in [1.82, 2.24) is 20.0 Å². The van der Waals surface area contributed by atoms with Crippen LogP contribution in [0.25, 0.3) is 11.4 Å². The van der Waals surface area contributed by atoms with Gasteiger partial charge in [0, 0.05) is 19.2 Å². The summed E-state index contributed by atoms with van der Waals surface area (Å²) in [6, 6.07) is 7.70. The van der Waals surface area contributed by atoms with Gasteiger partial charge in [-0.2, -0.15) is 4.98 Å². The van der Waals surface area contributed by atoms with Crippen LogP contribution in [0.15, 0.2) is 28.8 Å². The quantitative estimate of drug-likeness (QED) is 0.260. The smallest absolute Gasteiger partial charge is 0.311 e. The van der Waals surface area contributed by atoms with Crippen LogP contribution in [-0.2, 0) is 17.6 Å². The Bertz CT molecular complexity index is 1350. The van der Waals surface area contributed by atoms with Gasteiger partial charge < -0.3 is 19.8 Å². The summed E-state index contributed by atoms with van der Waals surface area (Å²) in [5.41, 5.74) is 3.85. The molecule has 0 aliphatic carbocycles. The highest BCUT2D eigenvalue weighted by atomic mass is 19.1. The summed E-state index contributed by atoms with van der Waals surface area (Å²) in [5.74, 6) is -0.826. The summed E-state index contributed by atoms with van der Waals surface area (Å²) < 4.78 is 20.6. The highest BCUT2D eigenvalue weighted by Gasteiger charge is 2.36. The number of piperidine rings is 1. The number of aliphatic carboxylic acids is 1. The minimum Gasteiger partial charge on any atom is -0.481 e. The number of aromatic nitrogens is 3. The second-order valence-corrected chi connectivity index (χ2v) is 11.9. The predicted molar refractivity (Wildman–Crippen MR) is 157 cm³/mol. The van der Waals surface area contributed by atoms with Crippen molar-refractivity contribution in [2.75, 3.05) is 31.5 Å². The summed E-state index contributed by atoms with van der Waals surface area (Å²) in [6.45, 7) is 9.30. The van der Waals surface area contributed by atoms with Crippen molar-refractivity contribution in [3.05, 3.63) is 58.4 Å². The Morgan fingerprint density at radius 3 is 2.68 bits per heavy atom. The second-order valence-electron chi connectivity index (χ2n) is 11.9. The van der Waals surface area contributed by atoms with Crippen molar-refractivity contribution in [2.24, 2.45) is 5.92 Å². The maximum atomic E-state index is 15.5. The second kappa shape index (κ2) is 13.1. The molecular formula is C32H42FN5O3. The monoisotopic (exact) mass is 563 g/mol. The summed E-state index contributed by atoms with van der Waals surface area (Å²) in [7, 11) is 0. The van der Waals surface area contributed by atoms with Crippen LogP contribution in [0.1, 0.15) is 92.5 Å². The zero-order valence-corrected chi connectivity index (χ0v) is 24.5. The Labute approximate surface area is 241 Å². The molecule has 0 radical (unpaired) electrons. The number of halogens is 1. The Kier molecular flexibility index (Phi) is 9.32. The summed E-state index contributed by atoms with van der Waals surface area (Å²) in [5, 5.41) is 17.7. The van der Waals surface area contributed by atoms with Gasteiger partial charge in [-0.3, -0.25) is 4.79 Å². The van der Waals surface area contributed by atoms with E-state index in [0.717, 1.165) is 88.2 Å². The van der Waals surface area contributed by atoms with E-state index in [1.165, 1.54) is 18.1 Å². The first-order valence-electron chi connectivity index (χ1n) is 15.1. The van der Waals surface area contributed by atoms with Crippen LogP contribution in [-0.4, -0.2) is 57.3 Å². The number of nitrogens with one attached hydrogen (secondary N) is 1. The number of fused-ring (bicyclic) bond motifs is 1. The number of carbonyl (C=O) groups is 1. The van der Waals surface area contributed by atoms with Gasteiger partial charge in [0.15, 0.2) is 0 Å². The summed E-state index contributed by atoms with van der Waals surface area (Å²) >= 11 is 0. The highest BCUT2D eigenvalue weighted by Crippen LogP contribution is 2.40. The van der Waals surface area contributed by atoms with E-state index in [9.17, 15) is 9.90 Å². The van der Waals surface area contributed by atoms with E-state index < -0.39 is 17.7 Å². The lowest BCUT2D eigenvalue weighted by atomic mass is 9.77. The van der Waals surface area contributed by atoms with Gasteiger partial charge in [-0.25, -0.2) is 9.37 Å². The third kappa shape index (κ3) is 6.94. The molecule has 0 amide bonds. The van der Waals surface area contributed by atoms with Crippen molar-refractivity contribution < 1.29 is 18.8 Å². The first kappa shape index (κ1) is 29.2. The first-order chi connectivity index (χ1) is 19.8. The van der Waals surface area contributed by atoms with Gasteiger partial charge >= 0.3 is 5.97 Å². The van der Waals surface area contributed by atoms with Crippen molar-refractivity contribution >= 4 is 11.8 Å². The number of unbranched alkanes of at least 4 members (excludes halogenated alkanes) is 2. The lowest BCUT2D eigenvalue weighted by Crippen LogP contribution is -2.38. The van der Waals surface area contributed by atoms with Crippen molar-refractivity contribution in [1.29, 1.82) is 0 Å². The number of nitrogens with zero attached hydrogens (tertiary/aromatic N) is 4. The summed E-state index contributed by atoms with van der Waals surface area (Å²) in [4.78, 5) is 24.2. The molecule has 1 saturated heterocycles. The molecule has 5 rings (SSSR count). The SMILES string of the molecule is Cc1nc(-c2c(F)cc(C(C)C)cc2C(C(=O)O)C2CCN(CCCCCc3ccc4c(n3)NCCC4)CC2)no1. The van der Waals surface area contributed by atoms with Crippen LogP contribution >= 0.6 is 0 Å². The molecule has 3 aromatic rings. The number of aryl methyl sites for hydroxylation is 3. The number of hydrogen-bond acceptors (Lipinski definition) is 7. The maximum absolute atomic E-state index is 15.5. The van der Waals surface area contributed by atoms with Gasteiger partial charge in [0.1, 0.15) is 11.6 Å². The molecule has 4 heterocycles. The van der Waals surface area contributed by atoms with E-state index in [-0.39, 0.29) is 23.2 Å². The number of benzene rings is 1. The van der Waals surface area contributed by atoms with Crippen LogP contribution in [0.3, 0.4) is 0 Å². The average molecular weight is 564 g/mol. The first-order valence-corrected chi connectivity index (χ1v) is 15.1. The fraction of sp³-hybridized carbons (Fsp3) is 0.562. The number of carboxylic acid groups (broad SMARTS) is 1. The lowest BCUT2D eigenvalue weighted by Gasteiger charge is -2.35. The highest BCUT2D eigenvalue weighted by molar-refractivity contribution is 5.80. The molecule has 2 aliphatic heterocycles. The van der Waals surface area contributed by atoms with Gasteiger partial charge in [-0.05, 0) is 105 Å². The number of carboxylic acids is 1. The molecule has 2 aromatic heterocycles. The van der Waals surface area contributed by atoms with E-state index in [2.05, 4.69) is 32.5 Å². The molecule has 1 fully saturated rings. The lowest BCUT2D eigenvalue weighted by molar-refractivity contribution is -0.140. The molecule has 0 bridgehead atoms. The van der Waals surface area contributed by atoms with E-state index in [1.54, 1.807) is 6.92 Å². The molecule has 8 nitrogen and oxygen atoms in total. The minimum atomic E-state index is -0.934. The Morgan fingerprint density at radius 2 is 1.98 bits per heavy atom. The molecule has 220 valence electrons. The maximum Gasteiger partial charge on any atom is 0.311 e. The van der Waals surface area contributed by atoms with E-state index in [1.807, 2.05) is 19.9 Å². The zero-order chi connectivity index (χ0) is 28.9. The zero-order valence-electron chi connectivity index (χ0n) is 24.5. The fourth-order valence-electron chi connectivity index (χ4n) is 6.29. The largest absolute Gasteiger partial charge is 0.481 e. The number of pyridine rings is 1. The van der Waals surface area contributed by atoms with Gasteiger partial charge in [-0.1, -0.05) is 37.6 Å². The van der Waals surface area contributed by atoms with Crippen molar-refractivity contribution in [2.45, 2.75) is 84.0 Å². The third-order valence-electron chi connectivity index (χ3n) is 8.62. The topological polar surface area (TPSA) is 104 Å². The Hall–Kier alpha value is -3.33. The average Bonchev–Trinajstić information content (AvgIpc) is 3.38. The molecule has 41 heavy (non-hydrogen) atoms. The van der Waals surface area contributed by atoms with Gasteiger partial charge in [0.25, 0.3) is 0 Å². The molecule has 0 spiro atoms. The molecule has 2 N–H and O–H groups in total. The molecule has 2 aliphatic rings. The summed E-state index contributed by atoms with van der Waals surface area (Å²) in [6.07, 6.45) is 8.14. The van der Waals surface area contributed by atoms with E-state index in [0.29, 0.717) is 11.5 Å². The number of likely N-dealkylation sites (tertiary alicyclic amines) is 1. The van der Waals surface area contributed by atoms with Crippen LogP contribution < -0.4 is 5.32 Å². The van der Waals surface area contributed by atoms with E-state index in [4.69, 9.17) is 9.51 Å². The molecule has 1 unspecified atom stereocenters. The number of hydrogen-bond donors (Lipinski definition) is 2. The van der Waals surface area contributed by atoms with Gasteiger partial charge in [-0.15, -0.1) is 0 Å². The van der Waals surface area contributed by atoms with Gasteiger partial charge in [0.05, 0.1) is 11.5 Å². The Balaban J connectivity index is 1.18. The molecule has 1 aromatic carbocycles. The van der Waals surface area contributed by atoms with Crippen LogP contribution in [0.4, 0.5) is 10.2 Å².